The second kappa shape index (κ2) is 6.39. The van der Waals surface area contributed by atoms with Gasteiger partial charge in [-0.25, -0.2) is 0 Å². The van der Waals surface area contributed by atoms with Crippen LogP contribution in [-0.2, 0) is 4.79 Å². The van der Waals surface area contributed by atoms with E-state index in [1.54, 1.807) is 0 Å². The monoisotopic (exact) mass is 240 g/mol. The normalized spacial score (nSPS) is 26.9. The van der Waals surface area contributed by atoms with Gasteiger partial charge in [0.1, 0.15) is 0 Å². The third-order valence-corrected chi connectivity index (χ3v) is 3.83. The van der Waals surface area contributed by atoms with E-state index >= 15 is 0 Å². The minimum absolute atomic E-state index is 0.186. The predicted molar refractivity (Wildman–Crippen MR) is 71.9 cm³/mol. The second-order valence-corrected chi connectivity index (χ2v) is 6.01. The first-order valence-electron chi connectivity index (χ1n) is 6.91. The first-order chi connectivity index (χ1) is 7.91. The molecule has 3 unspecified atom stereocenters. The molecule has 0 aromatic heterocycles. The lowest BCUT2D eigenvalue weighted by molar-refractivity contribution is -0.137. The van der Waals surface area contributed by atoms with Crippen LogP contribution in [0.5, 0.6) is 0 Å². The Morgan fingerprint density at radius 1 is 1.35 bits per heavy atom. The van der Waals surface area contributed by atoms with Gasteiger partial charge in [0, 0.05) is 25.7 Å². The van der Waals surface area contributed by atoms with Gasteiger partial charge in [0.15, 0.2) is 0 Å². The number of hydrogen-bond acceptors (Lipinski definition) is 2. The van der Waals surface area contributed by atoms with E-state index in [0.717, 1.165) is 25.8 Å². The molecule has 3 nitrogen and oxygen atoms in total. The molecule has 3 atom stereocenters. The van der Waals surface area contributed by atoms with E-state index in [2.05, 4.69) is 33.0 Å². The molecule has 17 heavy (non-hydrogen) atoms. The van der Waals surface area contributed by atoms with Gasteiger partial charge in [0.05, 0.1) is 5.92 Å². The number of nitrogens with zero attached hydrogens (tertiary/aromatic N) is 1. The van der Waals surface area contributed by atoms with Gasteiger partial charge in [-0.05, 0) is 39.0 Å². The lowest BCUT2D eigenvalue weighted by Gasteiger charge is -2.33. The lowest BCUT2D eigenvalue weighted by Crippen LogP contribution is -2.47. The van der Waals surface area contributed by atoms with Gasteiger partial charge in [-0.2, -0.15) is 0 Å². The summed E-state index contributed by atoms with van der Waals surface area (Å²) in [5.41, 5.74) is 0. The van der Waals surface area contributed by atoms with Crippen molar-refractivity contribution >= 4 is 5.91 Å². The van der Waals surface area contributed by atoms with Crippen molar-refractivity contribution in [1.29, 1.82) is 0 Å². The summed E-state index contributed by atoms with van der Waals surface area (Å²) in [5, 5.41) is 3.40. The van der Waals surface area contributed by atoms with Crippen molar-refractivity contribution in [3.63, 3.8) is 0 Å². The van der Waals surface area contributed by atoms with Gasteiger partial charge in [0.25, 0.3) is 0 Å². The number of nitrogens with one attached hydrogen (secondary N) is 1. The molecule has 0 aromatic carbocycles. The summed E-state index contributed by atoms with van der Waals surface area (Å²) in [6.45, 7) is 9.60. The summed E-state index contributed by atoms with van der Waals surface area (Å²) in [7, 11) is 1.95. The lowest BCUT2D eigenvalue weighted by atomic mass is 9.93. The van der Waals surface area contributed by atoms with Crippen LogP contribution in [0.25, 0.3) is 0 Å². The Kier molecular flexibility index (Phi) is 5.44. The molecule has 0 bridgehead atoms. The smallest absolute Gasteiger partial charge is 0.226 e. The van der Waals surface area contributed by atoms with Crippen LogP contribution in [0.4, 0.5) is 0 Å². The molecular formula is C14H28N2O. The zero-order valence-electron chi connectivity index (χ0n) is 12.0. The molecule has 0 saturated carbocycles. The highest BCUT2D eigenvalue weighted by molar-refractivity contribution is 5.79. The maximum absolute atomic E-state index is 12.3. The molecule has 1 N–H and O–H groups in total. The Bertz CT molecular complexity index is 245. The number of carbonyl (C=O) groups excluding carboxylic acids is 1. The highest BCUT2D eigenvalue weighted by Gasteiger charge is 2.28. The Morgan fingerprint density at radius 2 is 2.00 bits per heavy atom. The summed E-state index contributed by atoms with van der Waals surface area (Å²) in [6, 6.07) is 0.916. The number of carbonyl (C=O) groups is 1. The Hall–Kier alpha value is -0.570. The van der Waals surface area contributed by atoms with E-state index < -0.39 is 0 Å². The summed E-state index contributed by atoms with van der Waals surface area (Å²) < 4.78 is 0. The molecular weight excluding hydrogens is 212 g/mol. The van der Waals surface area contributed by atoms with Gasteiger partial charge in [-0.3, -0.25) is 4.79 Å². The van der Waals surface area contributed by atoms with E-state index in [-0.39, 0.29) is 5.92 Å². The second-order valence-electron chi connectivity index (χ2n) is 6.01. The molecule has 1 heterocycles. The third-order valence-electron chi connectivity index (χ3n) is 3.83. The highest BCUT2D eigenvalue weighted by atomic mass is 16.2. The first kappa shape index (κ1) is 14.5. The third kappa shape index (κ3) is 4.30. The largest absolute Gasteiger partial charge is 0.343 e. The average molecular weight is 240 g/mol. The fourth-order valence-electron chi connectivity index (χ4n) is 2.56. The van der Waals surface area contributed by atoms with Gasteiger partial charge < -0.3 is 10.2 Å². The Balaban J connectivity index is 2.45. The van der Waals surface area contributed by atoms with Crippen LogP contribution in [0.2, 0.25) is 0 Å². The van der Waals surface area contributed by atoms with Gasteiger partial charge >= 0.3 is 0 Å². The van der Waals surface area contributed by atoms with Crippen molar-refractivity contribution in [2.45, 2.75) is 59.0 Å². The molecule has 0 aliphatic carbocycles. The molecule has 1 fully saturated rings. The van der Waals surface area contributed by atoms with Crippen molar-refractivity contribution in [1.82, 2.24) is 10.2 Å². The Labute approximate surface area is 106 Å². The Morgan fingerprint density at radius 3 is 2.47 bits per heavy atom. The highest BCUT2D eigenvalue weighted by Crippen LogP contribution is 2.19. The van der Waals surface area contributed by atoms with Crippen LogP contribution in [0.15, 0.2) is 0 Å². The topological polar surface area (TPSA) is 32.3 Å². The van der Waals surface area contributed by atoms with Crippen LogP contribution in [0, 0.1) is 11.8 Å². The molecule has 1 saturated heterocycles. The summed E-state index contributed by atoms with van der Waals surface area (Å²) in [6.07, 6.45) is 3.23. The predicted octanol–water partition coefficient (Wildman–Crippen LogP) is 2.27. The maximum atomic E-state index is 12.3. The van der Waals surface area contributed by atoms with Crippen molar-refractivity contribution in [3.8, 4) is 0 Å². The van der Waals surface area contributed by atoms with Crippen LogP contribution in [0.3, 0.4) is 0 Å². The molecule has 0 radical (unpaired) electrons. The molecule has 3 heteroatoms. The quantitative estimate of drug-likeness (QED) is 0.817. The van der Waals surface area contributed by atoms with Gasteiger partial charge in [0.2, 0.25) is 5.91 Å². The first-order valence-corrected chi connectivity index (χ1v) is 6.91. The van der Waals surface area contributed by atoms with Crippen molar-refractivity contribution in [2.75, 3.05) is 13.6 Å². The van der Waals surface area contributed by atoms with Crippen LogP contribution >= 0.6 is 0 Å². The summed E-state index contributed by atoms with van der Waals surface area (Å²) in [4.78, 5) is 14.3. The molecule has 1 aliphatic heterocycles. The van der Waals surface area contributed by atoms with Crippen LogP contribution in [0.1, 0.15) is 47.0 Å². The zero-order chi connectivity index (χ0) is 13.0. The van der Waals surface area contributed by atoms with E-state index in [1.165, 1.54) is 0 Å². The summed E-state index contributed by atoms with van der Waals surface area (Å²) >= 11 is 0. The van der Waals surface area contributed by atoms with E-state index in [4.69, 9.17) is 0 Å². The minimum atomic E-state index is 0.186. The van der Waals surface area contributed by atoms with E-state index in [0.29, 0.717) is 23.9 Å². The number of rotatable bonds is 4. The molecule has 0 spiro atoms. The van der Waals surface area contributed by atoms with Gasteiger partial charge in [-0.1, -0.05) is 13.8 Å². The molecule has 1 rings (SSSR count). The molecule has 0 aromatic rings. The molecule has 1 amide bonds. The van der Waals surface area contributed by atoms with Crippen molar-refractivity contribution in [2.24, 2.45) is 11.8 Å². The maximum Gasteiger partial charge on any atom is 0.226 e. The van der Waals surface area contributed by atoms with Crippen molar-refractivity contribution < 1.29 is 4.79 Å². The van der Waals surface area contributed by atoms with E-state index in [1.807, 2.05) is 11.9 Å². The molecule has 100 valence electrons. The summed E-state index contributed by atoms with van der Waals surface area (Å²) in [5.74, 6) is 1.15. The SMILES string of the molecule is CC(C)CC(C)N(C)C(=O)C1CCC(C)NC1. The average Bonchev–Trinajstić information content (AvgIpc) is 2.27. The fraction of sp³-hybridized carbons (Fsp3) is 0.929. The van der Waals surface area contributed by atoms with Crippen LogP contribution in [-0.4, -0.2) is 36.5 Å². The minimum Gasteiger partial charge on any atom is -0.343 e. The standard InChI is InChI=1S/C14H28N2O/c1-10(2)8-12(4)16(5)14(17)13-7-6-11(3)15-9-13/h10-13,15H,6-9H2,1-5H3. The van der Waals surface area contributed by atoms with Gasteiger partial charge in [-0.15, -0.1) is 0 Å². The van der Waals surface area contributed by atoms with E-state index in [9.17, 15) is 4.79 Å². The number of piperidine rings is 1. The molecule has 1 aliphatic rings. The van der Waals surface area contributed by atoms with Crippen molar-refractivity contribution in [3.05, 3.63) is 0 Å². The fourth-order valence-corrected chi connectivity index (χ4v) is 2.56. The zero-order valence-corrected chi connectivity index (χ0v) is 12.0. The number of amides is 1. The number of hydrogen-bond donors (Lipinski definition) is 1. The van der Waals surface area contributed by atoms with Crippen LogP contribution < -0.4 is 5.32 Å².